The number of likely N-dealkylation sites (N-methyl/N-ethyl adjacent to an activating group) is 1. The third kappa shape index (κ3) is 3.24. The Kier molecular flexibility index (Phi) is 4.88. The van der Waals surface area contributed by atoms with Crippen LogP contribution in [-0.2, 0) is 0 Å². The second kappa shape index (κ2) is 6.45. The molecule has 0 aliphatic carbocycles. The van der Waals surface area contributed by atoms with Crippen molar-refractivity contribution in [2.24, 2.45) is 5.73 Å². The van der Waals surface area contributed by atoms with Crippen LogP contribution in [0.1, 0.15) is 24.8 Å². The Morgan fingerprint density at radius 2 is 2.15 bits per heavy atom. The van der Waals surface area contributed by atoms with E-state index >= 15 is 0 Å². The monoisotopic (exact) mass is 299 g/mol. The average molecular weight is 299 g/mol. The van der Waals surface area contributed by atoms with Gasteiger partial charge in [-0.25, -0.2) is 8.78 Å². The highest BCUT2D eigenvalue weighted by Crippen LogP contribution is 2.22. The Labute approximate surface area is 123 Å². The molecule has 110 valence electrons. The molecule has 0 amide bonds. The highest BCUT2D eigenvalue weighted by atomic mass is 32.1. The number of thiocarbonyl (C=S) groups is 1. The molecule has 1 saturated heterocycles. The van der Waals surface area contributed by atoms with Crippen LogP contribution in [0.2, 0.25) is 0 Å². The molecule has 6 heteroatoms. The molecule has 2 rings (SSSR count). The molecule has 3 nitrogen and oxygen atoms in total. The minimum atomic E-state index is -0.987. The number of anilines is 1. The molecule has 0 aromatic heterocycles. The van der Waals surface area contributed by atoms with E-state index in [2.05, 4.69) is 29.5 Å². The van der Waals surface area contributed by atoms with Gasteiger partial charge < -0.3 is 16.0 Å². The third-order valence-corrected chi connectivity index (χ3v) is 4.02. The lowest BCUT2D eigenvalue weighted by Crippen LogP contribution is -2.40. The number of likely N-dealkylation sites (tertiary alicyclic amines) is 1. The van der Waals surface area contributed by atoms with Gasteiger partial charge in [0.05, 0.1) is 5.69 Å². The van der Waals surface area contributed by atoms with Gasteiger partial charge in [0.2, 0.25) is 0 Å². The van der Waals surface area contributed by atoms with Gasteiger partial charge in [-0.1, -0.05) is 18.6 Å². The van der Waals surface area contributed by atoms with Gasteiger partial charge in [0, 0.05) is 18.2 Å². The van der Waals surface area contributed by atoms with Crippen LogP contribution in [0.3, 0.4) is 0 Å². The van der Waals surface area contributed by atoms with Crippen molar-refractivity contribution >= 4 is 22.9 Å². The Morgan fingerprint density at radius 1 is 1.40 bits per heavy atom. The lowest BCUT2D eigenvalue weighted by molar-refractivity contribution is 0.194. The molecule has 1 heterocycles. The molecule has 0 spiro atoms. The predicted molar refractivity (Wildman–Crippen MR) is 81.0 cm³/mol. The highest BCUT2D eigenvalue weighted by molar-refractivity contribution is 7.80. The summed E-state index contributed by atoms with van der Waals surface area (Å²) in [6.07, 6.45) is 3.44. The molecule has 1 fully saturated rings. The van der Waals surface area contributed by atoms with Gasteiger partial charge in [0.1, 0.15) is 4.99 Å². The van der Waals surface area contributed by atoms with Gasteiger partial charge in [-0.3, -0.25) is 0 Å². The van der Waals surface area contributed by atoms with E-state index in [-0.39, 0.29) is 16.2 Å². The molecule has 1 aromatic rings. The number of hydrogen-bond acceptors (Lipinski definition) is 3. The van der Waals surface area contributed by atoms with Crippen LogP contribution in [0, 0.1) is 11.6 Å². The zero-order chi connectivity index (χ0) is 14.7. The number of hydrogen-bond donors (Lipinski definition) is 2. The number of nitrogens with two attached hydrogens (primary N) is 1. The van der Waals surface area contributed by atoms with Crippen molar-refractivity contribution in [2.75, 3.05) is 25.5 Å². The molecular formula is C14H19F2N3S. The molecule has 1 aliphatic rings. The van der Waals surface area contributed by atoms with Gasteiger partial charge in [0.25, 0.3) is 0 Å². The first-order chi connectivity index (χ1) is 9.50. The minimum absolute atomic E-state index is 0.0576. The minimum Gasteiger partial charge on any atom is -0.389 e. The first-order valence-electron chi connectivity index (χ1n) is 6.72. The molecule has 20 heavy (non-hydrogen) atoms. The van der Waals surface area contributed by atoms with Crippen molar-refractivity contribution in [2.45, 2.75) is 25.3 Å². The van der Waals surface area contributed by atoms with E-state index in [0.717, 1.165) is 13.0 Å². The second-order valence-corrected chi connectivity index (χ2v) is 5.60. The van der Waals surface area contributed by atoms with Crippen LogP contribution in [0.15, 0.2) is 12.1 Å². The van der Waals surface area contributed by atoms with Crippen molar-refractivity contribution < 1.29 is 8.78 Å². The Bertz CT molecular complexity index is 507. The van der Waals surface area contributed by atoms with Crippen LogP contribution >= 0.6 is 12.2 Å². The van der Waals surface area contributed by atoms with Gasteiger partial charge in [-0.05, 0) is 38.6 Å². The zero-order valence-electron chi connectivity index (χ0n) is 11.5. The average Bonchev–Trinajstić information content (AvgIpc) is 2.41. The number of nitrogens with one attached hydrogen (secondary N) is 1. The largest absolute Gasteiger partial charge is 0.389 e. The zero-order valence-corrected chi connectivity index (χ0v) is 12.3. The molecule has 1 aliphatic heterocycles. The lowest BCUT2D eigenvalue weighted by atomic mass is 10.0. The summed E-state index contributed by atoms with van der Waals surface area (Å²) in [6, 6.07) is 3.24. The van der Waals surface area contributed by atoms with Crippen molar-refractivity contribution in [1.29, 1.82) is 0 Å². The van der Waals surface area contributed by atoms with Gasteiger partial charge in [0.15, 0.2) is 11.6 Å². The molecule has 3 N–H and O–H groups in total. The molecule has 1 aromatic carbocycles. The maximum Gasteiger partial charge on any atom is 0.182 e. The van der Waals surface area contributed by atoms with Crippen LogP contribution in [0.4, 0.5) is 14.5 Å². The summed E-state index contributed by atoms with van der Waals surface area (Å²) in [6.45, 7) is 1.64. The van der Waals surface area contributed by atoms with Gasteiger partial charge in [-0.15, -0.1) is 0 Å². The number of rotatable bonds is 4. The first kappa shape index (κ1) is 15.1. The summed E-state index contributed by atoms with van der Waals surface area (Å²) in [5, 5.41) is 2.98. The summed E-state index contributed by atoms with van der Waals surface area (Å²) in [4.78, 5) is 2.11. The summed E-state index contributed by atoms with van der Waals surface area (Å²) >= 11 is 4.68. The van der Waals surface area contributed by atoms with Crippen molar-refractivity contribution in [3.05, 3.63) is 29.3 Å². The quantitative estimate of drug-likeness (QED) is 0.838. The third-order valence-electron chi connectivity index (χ3n) is 3.80. The Hall–Kier alpha value is -1.27. The Morgan fingerprint density at radius 3 is 2.80 bits per heavy atom. The van der Waals surface area contributed by atoms with Crippen molar-refractivity contribution in [3.63, 3.8) is 0 Å². The van der Waals surface area contributed by atoms with E-state index in [4.69, 9.17) is 5.73 Å². The second-order valence-electron chi connectivity index (χ2n) is 5.16. The maximum atomic E-state index is 13.9. The van der Waals surface area contributed by atoms with Crippen LogP contribution in [0.5, 0.6) is 0 Å². The fourth-order valence-electron chi connectivity index (χ4n) is 2.51. The standard InChI is InChI=1S/C14H19F2N3S/c1-19-7-3-2-4-9(19)8-18-11-6-5-10(14(17)20)12(15)13(11)16/h5-6,9,18H,2-4,7-8H2,1H3,(H2,17,20). The molecule has 1 atom stereocenters. The van der Waals surface area contributed by atoms with Crippen LogP contribution in [0.25, 0.3) is 0 Å². The summed E-state index contributed by atoms with van der Waals surface area (Å²) in [5.74, 6) is -1.91. The molecule has 0 radical (unpaired) electrons. The van der Waals surface area contributed by atoms with Gasteiger partial charge in [-0.2, -0.15) is 0 Å². The number of benzene rings is 1. The number of piperidine rings is 1. The van der Waals surface area contributed by atoms with E-state index in [1.165, 1.54) is 25.0 Å². The number of halogens is 2. The topological polar surface area (TPSA) is 41.3 Å². The summed E-state index contributed by atoms with van der Waals surface area (Å²) < 4.78 is 27.7. The van der Waals surface area contributed by atoms with Crippen LogP contribution < -0.4 is 11.1 Å². The van der Waals surface area contributed by atoms with Crippen molar-refractivity contribution in [1.82, 2.24) is 4.90 Å². The molecule has 1 unspecified atom stereocenters. The maximum absolute atomic E-state index is 13.9. The molecular weight excluding hydrogens is 280 g/mol. The molecule has 0 saturated carbocycles. The predicted octanol–water partition coefficient (Wildman–Crippen LogP) is 2.50. The van der Waals surface area contributed by atoms with E-state index in [1.807, 2.05) is 0 Å². The van der Waals surface area contributed by atoms with Crippen molar-refractivity contribution in [3.8, 4) is 0 Å². The summed E-state index contributed by atoms with van der Waals surface area (Å²) in [7, 11) is 2.05. The normalized spacial score (nSPS) is 19.9. The lowest BCUT2D eigenvalue weighted by Gasteiger charge is -2.32. The Balaban J connectivity index is 2.06. The van der Waals surface area contributed by atoms with E-state index in [1.54, 1.807) is 0 Å². The molecule has 0 bridgehead atoms. The highest BCUT2D eigenvalue weighted by Gasteiger charge is 2.20. The summed E-state index contributed by atoms with van der Waals surface area (Å²) in [5.41, 5.74) is 5.44. The van der Waals surface area contributed by atoms with E-state index < -0.39 is 11.6 Å². The first-order valence-corrected chi connectivity index (χ1v) is 7.13. The fraction of sp³-hybridized carbons (Fsp3) is 0.500. The SMILES string of the molecule is CN1CCCCC1CNc1ccc(C(N)=S)c(F)c1F. The van der Waals surface area contributed by atoms with E-state index in [9.17, 15) is 8.78 Å². The number of nitrogens with zero attached hydrogens (tertiary/aromatic N) is 1. The fourth-order valence-corrected chi connectivity index (χ4v) is 2.66. The van der Waals surface area contributed by atoms with E-state index in [0.29, 0.717) is 12.6 Å². The van der Waals surface area contributed by atoms with Gasteiger partial charge >= 0.3 is 0 Å². The smallest absolute Gasteiger partial charge is 0.182 e. The van der Waals surface area contributed by atoms with Crippen LogP contribution in [-0.4, -0.2) is 36.1 Å².